The van der Waals surface area contributed by atoms with Gasteiger partial charge in [-0.25, -0.2) is 13.8 Å². The molecule has 0 saturated heterocycles. The van der Waals surface area contributed by atoms with Crippen LogP contribution in [-0.4, -0.2) is 23.0 Å². The van der Waals surface area contributed by atoms with Crippen LogP contribution in [0.25, 0.3) is 21.8 Å². The summed E-state index contributed by atoms with van der Waals surface area (Å²) < 4.78 is 38.2. The lowest BCUT2D eigenvalue weighted by atomic mass is 10.1. The number of methoxy groups -OCH3 is 1. The predicted octanol–water partition coefficient (Wildman–Crippen LogP) is 5.00. The normalized spacial score (nSPS) is 10.7. The lowest BCUT2D eigenvalue weighted by Gasteiger charge is -2.07. The largest absolute Gasteiger partial charge is 0.481 e. The number of carbonyl (C=O) groups excluding carboxylic acids is 1. The topological polar surface area (TPSA) is 77.2 Å². The van der Waals surface area contributed by atoms with E-state index in [-0.39, 0.29) is 4.88 Å². The molecule has 0 spiro atoms. The van der Waals surface area contributed by atoms with Gasteiger partial charge in [0.05, 0.1) is 36.2 Å². The number of pyridine rings is 2. The quantitative estimate of drug-likeness (QED) is 0.498. The van der Waals surface area contributed by atoms with E-state index in [0.717, 1.165) is 29.3 Å². The van der Waals surface area contributed by atoms with Crippen LogP contribution >= 0.6 is 11.3 Å². The van der Waals surface area contributed by atoms with Crippen molar-refractivity contribution < 1.29 is 22.7 Å². The number of halogens is 2. The second-order valence-corrected chi connectivity index (χ2v) is 6.94. The van der Waals surface area contributed by atoms with Gasteiger partial charge in [-0.2, -0.15) is 0 Å². The molecule has 29 heavy (non-hydrogen) atoms. The Morgan fingerprint density at radius 2 is 1.97 bits per heavy atom. The summed E-state index contributed by atoms with van der Waals surface area (Å²) in [6.45, 7) is 0. The fraction of sp³-hybridized carbons (Fsp3) is 0.0500. The Hall–Kier alpha value is -3.59. The third-order valence-electron chi connectivity index (χ3n) is 4.04. The minimum Gasteiger partial charge on any atom is -0.481 e. The summed E-state index contributed by atoms with van der Waals surface area (Å²) in [4.78, 5) is 21.1. The lowest BCUT2D eigenvalue weighted by molar-refractivity contribution is 0.102. The summed E-state index contributed by atoms with van der Waals surface area (Å²) >= 11 is 1.14. The van der Waals surface area contributed by atoms with E-state index in [2.05, 4.69) is 15.3 Å². The highest BCUT2D eigenvalue weighted by Gasteiger charge is 2.18. The molecule has 1 amide bonds. The molecule has 0 saturated carbocycles. The van der Waals surface area contributed by atoms with E-state index >= 15 is 0 Å². The highest BCUT2D eigenvalue weighted by atomic mass is 32.1. The summed E-state index contributed by atoms with van der Waals surface area (Å²) in [5.41, 5.74) is 0.858. The lowest BCUT2D eigenvalue weighted by Crippen LogP contribution is -2.13. The Labute approximate surface area is 167 Å². The SMILES string of the molecule is COc1ncc(-c2ccco2)cc1-c1ccc(C(=O)Nc2c(F)cncc2F)s1. The van der Waals surface area contributed by atoms with Crippen molar-refractivity contribution >= 4 is 22.9 Å². The summed E-state index contributed by atoms with van der Waals surface area (Å²) in [6.07, 6.45) is 4.84. The maximum absolute atomic E-state index is 13.7. The predicted molar refractivity (Wildman–Crippen MR) is 104 cm³/mol. The molecular formula is C20H13F2N3O3S. The smallest absolute Gasteiger partial charge is 0.265 e. The van der Waals surface area contributed by atoms with Gasteiger partial charge in [0.2, 0.25) is 5.88 Å². The number of rotatable bonds is 5. The average Bonchev–Trinajstić information content (AvgIpc) is 3.42. The number of hydrogen-bond donors (Lipinski definition) is 1. The van der Waals surface area contributed by atoms with Crippen LogP contribution in [0, 0.1) is 11.6 Å². The zero-order valence-electron chi connectivity index (χ0n) is 15.0. The van der Waals surface area contributed by atoms with Crippen molar-refractivity contribution in [2.45, 2.75) is 0 Å². The molecule has 0 atom stereocenters. The second kappa shape index (κ2) is 7.80. The van der Waals surface area contributed by atoms with Crippen LogP contribution in [0.1, 0.15) is 9.67 Å². The number of hydrogen-bond acceptors (Lipinski definition) is 6. The zero-order chi connectivity index (χ0) is 20.4. The molecule has 0 fully saturated rings. The van der Waals surface area contributed by atoms with Gasteiger partial charge in [0, 0.05) is 16.6 Å². The van der Waals surface area contributed by atoms with Gasteiger partial charge in [-0.1, -0.05) is 0 Å². The number of ether oxygens (including phenoxy) is 1. The monoisotopic (exact) mass is 413 g/mol. The molecule has 9 heteroatoms. The molecule has 0 aliphatic carbocycles. The molecule has 0 radical (unpaired) electrons. The molecule has 4 heterocycles. The highest BCUT2D eigenvalue weighted by Crippen LogP contribution is 2.36. The number of thiophene rings is 1. The Balaban J connectivity index is 1.65. The highest BCUT2D eigenvalue weighted by molar-refractivity contribution is 7.17. The summed E-state index contributed by atoms with van der Waals surface area (Å²) in [5, 5.41) is 2.24. The second-order valence-electron chi connectivity index (χ2n) is 5.85. The first-order valence-electron chi connectivity index (χ1n) is 8.35. The molecule has 146 valence electrons. The van der Waals surface area contributed by atoms with Crippen LogP contribution in [0.5, 0.6) is 5.88 Å². The van der Waals surface area contributed by atoms with E-state index in [9.17, 15) is 13.6 Å². The van der Waals surface area contributed by atoms with Crippen molar-refractivity contribution in [1.82, 2.24) is 9.97 Å². The van der Waals surface area contributed by atoms with Gasteiger partial charge in [-0.05, 0) is 30.3 Å². The number of nitrogens with zero attached hydrogens (tertiary/aromatic N) is 2. The van der Waals surface area contributed by atoms with Crippen LogP contribution < -0.4 is 10.1 Å². The van der Waals surface area contributed by atoms with Crippen LogP contribution in [0.4, 0.5) is 14.5 Å². The van der Waals surface area contributed by atoms with E-state index in [0.29, 0.717) is 22.1 Å². The van der Waals surface area contributed by atoms with Crippen molar-refractivity contribution in [1.29, 1.82) is 0 Å². The maximum atomic E-state index is 13.7. The van der Waals surface area contributed by atoms with Crippen LogP contribution in [-0.2, 0) is 0 Å². The molecular weight excluding hydrogens is 400 g/mol. The van der Waals surface area contributed by atoms with Gasteiger partial charge in [0.1, 0.15) is 11.4 Å². The van der Waals surface area contributed by atoms with Crippen molar-refractivity contribution in [2.24, 2.45) is 0 Å². The Kier molecular flexibility index (Phi) is 5.05. The number of carbonyl (C=O) groups is 1. The molecule has 6 nitrogen and oxygen atoms in total. The third kappa shape index (κ3) is 3.72. The maximum Gasteiger partial charge on any atom is 0.265 e. The minimum atomic E-state index is -0.952. The fourth-order valence-electron chi connectivity index (χ4n) is 2.68. The zero-order valence-corrected chi connectivity index (χ0v) is 15.8. The molecule has 0 bridgehead atoms. The van der Waals surface area contributed by atoms with Gasteiger partial charge in [-0.3, -0.25) is 9.78 Å². The minimum absolute atomic E-state index is 0.265. The molecule has 0 aliphatic rings. The van der Waals surface area contributed by atoms with Gasteiger partial charge in [0.15, 0.2) is 11.6 Å². The number of nitrogens with one attached hydrogen (secondary N) is 1. The fourth-order valence-corrected chi connectivity index (χ4v) is 3.59. The van der Waals surface area contributed by atoms with Crippen molar-refractivity contribution in [2.75, 3.05) is 12.4 Å². The molecule has 1 N–H and O–H groups in total. The number of amides is 1. The van der Waals surface area contributed by atoms with Gasteiger partial charge < -0.3 is 14.5 Å². The summed E-state index contributed by atoms with van der Waals surface area (Å²) in [7, 11) is 1.49. The van der Waals surface area contributed by atoms with Gasteiger partial charge in [0.25, 0.3) is 5.91 Å². The molecule has 4 aromatic heterocycles. The first kappa shape index (κ1) is 18.8. The Morgan fingerprint density at radius 3 is 2.66 bits per heavy atom. The van der Waals surface area contributed by atoms with Crippen LogP contribution in [0.15, 0.2) is 59.6 Å². The number of anilines is 1. The van der Waals surface area contributed by atoms with Crippen molar-refractivity contribution in [3.8, 4) is 27.6 Å². The van der Waals surface area contributed by atoms with E-state index in [1.165, 1.54) is 7.11 Å². The van der Waals surface area contributed by atoms with Crippen molar-refractivity contribution in [3.63, 3.8) is 0 Å². The Morgan fingerprint density at radius 1 is 1.17 bits per heavy atom. The first-order chi connectivity index (χ1) is 14.1. The third-order valence-corrected chi connectivity index (χ3v) is 5.15. The molecule has 4 rings (SSSR count). The molecule has 0 unspecified atom stereocenters. The van der Waals surface area contributed by atoms with E-state index in [1.807, 2.05) is 6.07 Å². The molecule has 4 aromatic rings. The average molecular weight is 413 g/mol. The van der Waals surface area contributed by atoms with Crippen molar-refractivity contribution in [3.05, 3.63) is 71.7 Å². The summed E-state index contributed by atoms with van der Waals surface area (Å²) in [6, 6.07) is 8.68. The molecule has 0 aromatic carbocycles. The summed E-state index contributed by atoms with van der Waals surface area (Å²) in [5.74, 6) is -1.53. The Bertz CT molecular complexity index is 1160. The standard InChI is InChI=1S/C20H13F2N3O3S/c1-27-20-12(7-11(8-24-20)15-3-2-6-28-15)16-4-5-17(29-16)19(26)25-18-13(21)9-23-10-14(18)22/h2-10H,1H3,(H,23,25,26). The van der Waals surface area contributed by atoms with Gasteiger partial charge >= 0.3 is 0 Å². The first-order valence-corrected chi connectivity index (χ1v) is 9.17. The van der Waals surface area contributed by atoms with Gasteiger partial charge in [-0.15, -0.1) is 11.3 Å². The van der Waals surface area contributed by atoms with Crippen LogP contribution in [0.2, 0.25) is 0 Å². The van der Waals surface area contributed by atoms with Crippen LogP contribution in [0.3, 0.4) is 0 Å². The molecule has 0 aliphatic heterocycles. The number of aromatic nitrogens is 2. The van der Waals surface area contributed by atoms with E-state index < -0.39 is 23.2 Å². The van der Waals surface area contributed by atoms with E-state index in [1.54, 1.807) is 36.7 Å². The van der Waals surface area contributed by atoms with E-state index in [4.69, 9.17) is 9.15 Å². The number of furan rings is 1.